The zero-order chi connectivity index (χ0) is 12.4. The van der Waals surface area contributed by atoms with Crippen LogP contribution in [0, 0.1) is 0 Å². The van der Waals surface area contributed by atoms with Crippen molar-refractivity contribution in [2.24, 2.45) is 0 Å². The molecule has 4 heteroatoms. The highest BCUT2D eigenvalue weighted by Gasteiger charge is 2.14. The molecule has 0 atom stereocenters. The molecule has 0 aliphatic heterocycles. The summed E-state index contributed by atoms with van der Waals surface area (Å²) in [4.78, 5) is 11.9. The van der Waals surface area contributed by atoms with Crippen LogP contribution in [-0.4, -0.2) is 18.2 Å². The van der Waals surface area contributed by atoms with Crippen molar-refractivity contribution < 1.29 is 9.53 Å². The normalized spacial score (nSPS) is 10.5. The van der Waals surface area contributed by atoms with Gasteiger partial charge in [0.15, 0.2) is 5.78 Å². The number of alkyl halides is 1. The summed E-state index contributed by atoms with van der Waals surface area (Å²) in [6.45, 7) is 0. The molecule has 0 bridgehead atoms. The summed E-state index contributed by atoms with van der Waals surface area (Å²) in [6.07, 6.45) is 0. The number of fused-ring (bicyclic) bond motifs is 1. The standard InChI is InChI=1S/C13H10Br2O2/c1-17-13-9-5-3-2-4-8(9)10(6-11(13)15)12(16)7-14/h2-6H,7H2,1H3. The lowest BCUT2D eigenvalue weighted by molar-refractivity contribution is 0.102. The van der Waals surface area contributed by atoms with E-state index in [-0.39, 0.29) is 5.78 Å². The molecule has 2 nitrogen and oxygen atoms in total. The number of benzene rings is 2. The molecule has 0 radical (unpaired) electrons. The fourth-order valence-corrected chi connectivity index (χ4v) is 2.73. The van der Waals surface area contributed by atoms with Gasteiger partial charge in [0.05, 0.1) is 16.9 Å². The van der Waals surface area contributed by atoms with E-state index in [4.69, 9.17) is 4.74 Å². The largest absolute Gasteiger partial charge is 0.495 e. The summed E-state index contributed by atoms with van der Waals surface area (Å²) in [5, 5.41) is 2.17. The maximum absolute atomic E-state index is 11.9. The predicted octanol–water partition coefficient (Wildman–Crippen LogP) is 4.19. The lowest BCUT2D eigenvalue weighted by Gasteiger charge is -2.11. The molecule has 0 amide bonds. The fraction of sp³-hybridized carbons (Fsp3) is 0.154. The van der Waals surface area contributed by atoms with Gasteiger partial charge in [-0.15, -0.1) is 0 Å². The molecule has 0 saturated carbocycles. The first-order valence-corrected chi connectivity index (χ1v) is 6.95. The number of rotatable bonds is 3. The number of carbonyl (C=O) groups excluding carboxylic acids is 1. The average Bonchev–Trinajstić information content (AvgIpc) is 2.37. The molecule has 0 saturated heterocycles. The van der Waals surface area contributed by atoms with Gasteiger partial charge in [0.2, 0.25) is 0 Å². The van der Waals surface area contributed by atoms with E-state index in [1.54, 1.807) is 7.11 Å². The number of methoxy groups -OCH3 is 1. The Labute approximate surface area is 116 Å². The molecule has 0 spiro atoms. The quantitative estimate of drug-likeness (QED) is 0.608. The van der Waals surface area contributed by atoms with Crippen molar-refractivity contribution in [2.75, 3.05) is 12.4 Å². The van der Waals surface area contributed by atoms with Crippen molar-refractivity contribution in [1.82, 2.24) is 0 Å². The van der Waals surface area contributed by atoms with Crippen molar-refractivity contribution in [3.05, 3.63) is 40.4 Å². The summed E-state index contributed by atoms with van der Waals surface area (Å²) in [5.74, 6) is 0.816. The third-order valence-electron chi connectivity index (χ3n) is 2.58. The van der Waals surface area contributed by atoms with Crippen LogP contribution in [0.5, 0.6) is 5.75 Å². The van der Waals surface area contributed by atoms with Gasteiger partial charge in [-0.05, 0) is 27.4 Å². The summed E-state index contributed by atoms with van der Waals surface area (Å²) in [6, 6.07) is 9.54. The molecule has 2 rings (SSSR count). The molecule has 88 valence electrons. The van der Waals surface area contributed by atoms with Gasteiger partial charge in [0.1, 0.15) is 5.75 Å². The van der Waals surface area contributed by atoms with E-state index in [9.17, 15) is 4.79 Å². The van der Waals surface area contributed by atoms with Gasteiger partial charge >= 0.3 is 0 Å². The minimum atomic E-state index is 0.0598. The second kappa shape index (κ2) is 5.19. The van der Waals surface area contributed by atoms with Gasteiger partial charge < -0.3 is 4.74 Å². The number of hydrogen-bond donors (Lipinski definition) is 0. The van der Waals surface area contributed by atoms with E-state index in [0.29, 0.717) is 10.9 Å². The molecular weight excluding hydrogens is 348 g/mol. The summed E-state index contributed by atoms with van der Waals surface area (Å²) >= 11 is 6.63. The third-order valence-corrected chi connectivity index (χ3v) is 3.67. The number of ketones is 1. The minimum Gasteiger partial charge on any atom is -0.495 e. The van der Waals surface area contributed by atoms with E-state index in [1.165, 1.54) is 0 Å². The Balaban J connectivity index is 2.83. The number of halogens is 2. The molecule has 0 fully saturated rings. The van der Waals surface area contributed by atoms with Crippen LogP contribution in [0.3, 0.4) is 0 Å². The van der Waals surface area contributed by atoms with Crippen LogP contribution >= 0.6 is 31.9 Å². The first-order valence-electron chi connectivity index (χ1n) is 5.03. The van der Waals surface area contributed by atoms with Crippen LogP contribution < -0.4 is 4.74 Å². The van der Waals surface area contributed by atoms with Gasteiger partial charge in [-0.25, -0.2) is 0 Å². The molecule has 2 aromatic rings. The van der Waals surface area contributed by atoms with Crippen LogP contribution in [0.4, 0.5) is 0 Å². The molecule has 0 heterocycles. The highest BCUT2D eigenvalue weighted by Crippen LogP contribution is 2.36. The van der Waals surface area contributed by atoms with Crippen LogP contribution in [-0.2, 0) is 0 Å². The van der Waals surface area contributed by atoms with Crippen molar-refractivity contribution in [2.45, 2.75) is 0 Å². The van der Waals surface area contributed by atoms with Gasteiger partial charge in [0, 0.05) is 10.9 Å². The van der Waals surface area contributed by atoms with E-state index in [1.807, 2.05) is 30.3 Å². The Morgan fingerprint density at radius 3 is 2.53 bits per heavy atom. The first kappa shape index (κ1) is 12.6. The van der Waals surface area contributed by atoms with Crippen LogP contribution in [0.15, 0.2) is 34.8 Å². The Morgan fingerprint density at radius 1 is 1.29 bits per heavy atom. The number of hydrogen-bond acceptors (Lipinski definition) is 2. The van der Waals surface area contributed by atoms with E-state index < -0.39 is 0 Å². The highest BCUT2D eigenvalue weighted by atomic mass is 79.9. The Hall–Kier alpha value is -0.870. The Morgan fingerprint density at radius 2 is 1.94 bits per heavy atom. The lowest BCUT2D eigenvalue weighted by Crippen LogP contribution is -2.02. The Kier molecular flexibility index (Phi) is 3.84. The van der Waals surface area contributed by atoms with Gasteiger partial charge in [-0.3, -0.25) is 4.79 Å². The van der Waals surface area contributed by atoms with Crippen molar-refractivity contribution in [3.8, 4) is 5.75 Å². The first-order chi connectivity index (χ1) is 8.19. The van der Waals surface area contributed by atoms with Gasteiger partial charge in [0.25, 0.3) is 0 Å². The smallest absolute Gasteiger partial charge is 0.174 e. The summed E-state index contributed by atoms with van der Waals surface area (Å²) < 4.78 is 6.15. The monoisotopic (exact) mass is 356 g/mol. The van der Waals surface area contributed by atoms with E-state index in [2.05, 4.69) is 31.9 Å². The van der Waals surface area contributed by atoms with Crippen molar-refractivity contribution in [1.29, 1.82) is 0 Å². The fourth-order valence-electron chi connectivity index (χ4n) is 1.82. The summed E-state index contributed by atoms with van der Waals surface area (Å²) in [5.41, 5.74) is 0.699. The molecule has 17 heavy (non-hydrogen) atoms. The number of ether oxygens (including phenoxy) is 1. The molecule has 0 N–H and O–H groups in total. The van der Waals surface area contributed by atoms with Crippen LogP contribution in [0.1, 0.15) is 10.4 Å². The predicted molar refractivity (Wildman–Crippen MR) is 76.3 cm³/mol. The maximum atomic E-state index is 11.9. The molecule has 0 unspecified atom stereocenters. The molecule has 2 aromatic carbocycles. The summed E-state index contributed by atoms with van der Waals surface area (Å²) in [7, 11) is 1.62. The topological polar surface area (TPSA) is 26.3 Å². The van der Waals surface area contributed by atoms with Crippen LogP contribution in [0.25, 0.3) is 10.8 Å². The lowest BCUT2D eigenvalue weighted by atomic mass is 10.0. The Bertz CT molecular complexity index is 579. The van der Waals surface area contributed by atoms with Crippen molar-refractivity contribution >= 4 is 48.4 Å². The highest BCUT2D eigenvalue weighted by molar-refractivity contribution is 9.10. The zero-order valence-electron chi connectivity index (χ0n) is 9.17. The molecule has 0 aliphatic rings. The second-order valence-electron chi connectivity index (χ2n) is 3.54. The van der Waals surface area contributed by atoms with E-state index >= 15 is 0 Å². The van der Waals surface area contributed by atoms with Gasteiger partial charge in [-0.1, -0.05) is 40.2 Å². The van der Waals surface area contributed by atoms with Gasteiger partial charge in [-0.2, -0.15) is 0 Å². The molecule has 0 aromatic heterocycles. The number of carbonyl (C=O) groups is 1. The second-order valence-corrected chi connectivity index (χ2v) is 4.96. The van der Waals surface area contributed by atoms with Crippen molar-refractivity contribution in [3.63, 3.8) is 0 Å². The maximum Gasteiger partial charge on any atom is 0.174 e. The molecular formula is C13H10Br2O2. The van der Waals surface area contributed by atoms with E-state index in [0.717, 1.165) is 21.0 Å². The molecule has 0 aliphatic carbocycles. The van der Waals surface area contributed by atoms with Crippen LogP contribution in [0.2, 0.25) is 0 Å². The minimum absolute atomic E-state index is 0.0598. The SMILES string of the molecule is COc1c(Br)cc(C(=O)CBr)c2ccccc12. The average molecular weight is 358 g/mol. The third kappa shape index (κ3) is 2.24. The zero-order valence-corrected chi connectivity index (χ0v) is 12.3. The number of Topliss-reactive ketones (excluding diaryl/α,β-unsaturated/α-hetero) is 1.